The normalized spacial score (nSPS) is 33.7. The fourth-order valence-electron chi connectivity index (χ4n) is 6.92. The molecule has 4 bridgehead atoms. The van der Waals surface area contributed by atoms with Gasteiger partial charge in [-0.3, -0.25) is 14.5 Å². The zero-order valence-electron chi connectivity index (χ0n) is 17.3. The van der Waals surface area contributed by atoms with Crippen molar-refractivity contribution in [3.05, 3.63) is 35.9 Å². The molecule has 4 saturated carbocycles. The number of carbonyl (C=O) groups is 2. The number of hydrogen-bond donors (Lipinski definition) is 1. The standard InChI is InChI=1S/C24H33N3O2/c28-22(25-17-24-13-18-10-19(14-24)12-20(11-18)15-24)16-26-6-8-27(9-7-26)23(29)21-4-2-1-3-5-21/h1-5,18-20H,6-17H2,(H,25,28). The Kier molecular flexibility index (Phi) is 5.10. The Labute approximate surface area is 173 Å². The van der Waals surface area contributed by atoms with Crippen LogP contribution in [0.4, 0.5) is 0 Å². The summed E-state index contributed by atoms with van der Waals surface area (Å²) in [6.45, 7) is 4.25. The first-order valence-electron chi connectivity index (χ1n) is 11.4. The Morgan fingerprint density at radius 3 is 2.07 bits per heavy atom. The van der Waals surface area contributed by atoms with Crippen LogP contribution < -0.4 is 5.32 Å². The summed E-state index contributed by atoms with van der Waals surface area (Å²) in [4.78, 5) is 29.3. The van der Waals surface area contributed by atoms with Gasteiger partial charge >= 0.3 is 0 Å². The van der Waals surface area contributed by atoms with E-state index in [1.54, 1.807) is 0 Å². The lowest BCUT2D eigenvalue weighted by Crippen LogP contribution is -2.54. The number of benzene rings is 1. The van der Waals surface area contributed by atoms with Crippen LogP contribution in [0.2, 0.25) is 0 Å². The Morgan fingerprint density at radius 2 is 1.48 bits per heavy atom. The fourth-order valence-corrected chi connectivity index (χ4v) is 6.92. The first-order valence-corrected chi connectivity index (χ1v) is 11.4. The highest BCUT2D eigenvalue weighted by Crippen LogP contribution is 2.59. The lowest BCUT2D eigenvalue weighted by Gasteiger charge is -2.57. The van der Waals surface area contributed by atoms with Gasteiger partial charge in [0.15, 0.2) is 0 Å². The van der Waals surface area contributed by atoms with Crippen molar-refractivity contribution >= 4 is 11.8 Å². The van der Waals surface area contributed by atoms with E-state index in [0.29, 0.717) is 25.0 Å². The predicted molar refractivity (Wildman–Crippen MR) is 112 cm³/mol. The van der Waals surface area contributed by atoms with Crippen LogP contribution in [0.15, 0.2) is 30.3 Å². The van der Waals surface area contributed by atoms with Crippen molar-refractivity contribution < 1.29 is 9.59 Å². The highest BCUT2D eigenvalue weighted by Gasteiger charge is 2.50. The lowest BCUT2D eigenvalue weighted by molar-refractivity contribution is -0.124. The number of amides is 2. The Balaban J connectivity index is 1.07. The molecule has 1 aromatic rings. The molecule has 156 valence electrons. The first kappa shape index (κ1) is 19.1. The van der Waals surface area contributed by atoms with Gasteiger partial charge in [0.25, 0.3) is 5.91 Å². The quantitative estimate of drug-likeness (QED) is 0.834. The Hall–Kier alpha value is -1.88. The van der Waals surface area contributed by atoms with Crippen molar-refractivity contribution in [2.75, 3.05) is 39.3 Å². The molecule has 5 fully saturated rings. The second-order valence-corrected chi connectivity index (χ2v) is 10.1. The highest BCUT2D eigenvalue weighted by atomic mass is 16.2. The molecule has 5 nitrogen and oxygen atoms in total. The van der Waals surface area contributed by atoms with E-state index in [1.807, 2.05) is 35.2 Å². The molecule has 1 saturated heterocycles. The summed E-state index contributed by atoms with van der Waals surface area (Å²) in [5.41, 5.74) is 1.14. The van der Waals surface area contributed by atoms with Gasteiger partial charge in [0.1, 0.15) is 0 Å². The van der Waals surface area contributed by atoms with E-state index in [0.717, 1.165) is 43.0 Å². The maximum absolute atomic E-state index is 12.6. The van der Waals surface area contributed by atoms with Gasteiger partial charge in [-0.2, -0.15) is 0 Å². The summed E-state index contributed by atoms with van der Waals surface area (Å²) in [6.07, 6.45) is 8.33. The zero-order valence-corrected chi connectivity index (χ0v) is 17.3. The van der Waals surface area contributed by atoms with Crippen LogP contribution in [0, 0.1) is 23.2 Å². The summed E-state index contributed by atoms with van der Waals surface area (Å²) in [7, 11) is 0. The molecule has 29 heavy (non-hydrogen) atoms. The van der Waals surface area contributed by atoms with Crippen LogP contribution in [0.1, 0.15) is 48.9 Å². The predicted octanol–water partition coefficient (Wildman–Crippen LogP) is 2.78. The molecule has 5 heteroatoms. The summed E-state index contributed by atoms with van der Waals surface area (Å²) >= 11 is 0. The summed E-state index contributed by atoms with van der Waals surface area (Å²) in [5, 5.41) is 3.29. The van der Waals surface area contributed by atoms with E-state index < -0.39 is 0 Å². The minimum Gasteiger partial charge on any atom is -0.354 e. The molecule has 0 atom stereocenters. The van der Waals surface area contributed by atoms with E-state index in [2.05, 4.69) is 10.2 Å². The largest absolute Gasteiger partial charge is 0.354 e. The number of nitrogens with zero attached hydrogens (tertiary/aromatic N) is 2. The third-order valence-corrected chi connectivity index (χ3v) is 7.87. The molecule has 2 amide bonds. The molecule has 5 aliphatic rings. The summed E-state index contributed by atoms with van der Waals surface area (Å²) in [5.74, 6) is 3.02. The maximum Gasteiger partial charge on any atom is 0.253 e. The molecule has 0 spiro atoms. The molecule has 1 aromatic carbocycles. The van der Waals surface area contributed by atoms with Crippen LogP contribution >= 0.6 is 0 Å². The minimum absolute atomic E-state index is 0.0940. The molecule has 6 rings (SSSR count). The van der Waals surface area contributed by atoms with Crippen molar-refractivity contribution in [3.63, 3.8) is 0 Å². The molecule has 1 aliphatic heterocycles. The van der Waals surface area contributed by atoms with Crippen molar-refractivity contribution in [1.82, 2.24) is 15.1 Å². The van der Waals surface area contributed by atoms with E-state index in [1.165, 1.54) is 38.5 Å². The zero-order chi connectivity index (χ0) is 19.8. The average molecular weight is 396 g/mol. The van der Waals surface area contributed by atoms with Gasteiger partial charge in [0.2, 0.25) is 5.91 Å². The Morgan fingerprint density at radius 1 is 0.897 bits per heavy atom. The number of carbonyl (C=O) groups excluding carboxylic acids is 2. The molecular weight excluding hydrogens is 362 g/mol. The van der Waals surface area contributed by atoms with Crippen molar-refractivity contribution in [2.24, 2.45) is 23.2 Å². The SMILES string of the molecule is O=C(CN1CCN(C(=O)c2ccccc2)CC1)NCC12CC3CC(CC(C3)C1)C2. The van der Waals surface area contributed by atoms with E-state index in [4.69, 9.17) is 0 Å². The van der Waals surface area contributed by atoms with Crippen molar-refractivity contribution in [2.45, 2.75) is 38.5 Å². The fraction of sp³-hybridized carbons (Fsp3) is 0.667. The van der Waals surface area contributed by atoms with Crippen molar-refractivity contribution in [3.8, 4) is 0 Å². The van der Waals surface area contributed by atoms with Crippen molar-refractivity contribution in [1.29, 1.82) is 0 Å². The molecular formula is C24H33N3O2. The lowest BCUT2D eigenvalue weighted by atomic mass is 9.49. The number of piperazine rings is 1. The molecule has 0 unspecified atom stereocenters. The highest BCUT2D eigenvalue weighted by molar-refractivity contribution is 5.94. The first-order chi connectivity index (χ1) is 14.1. The monoisotopic (exact) mass is 395 g/mol. The van der Waals surface area contributed by atoms with Gasteiger partial charge in [-0.1, -0.05) is 18.2 Å². The van der Waals surface area contributed by atoms with Gasteiger partial charge in [0, 0.05) is 38.3 Å². The summed E-state index contributed by atoms with van der Waals surface area (Å²) < 4.78 is 0. The smallest absolute Gasteiger partial charge is 0.253 e. The van der Waals surface area contributed by atoms with Crippen LogP contribution in [-0.2, 0) is 4.79 Å². The molecule has 0 radical (unpaired) electrons. The molecule has 1 heterocycles. The van der Waals surface area contributed by atoms with E-state index >= 15 is 0 Å². The van der Waals surface area contributed by atoms with Crippen LogP contribution in [0.5, 0.6) is 0 Å². The molecule has 4 aliphatic carbocycles. The van der Waals surface area contributed by atoms with Gasteiger partial charge in [-0.05, 0) is 73.8 Å². The number of hydrogen-bond acceptors (Lipinski definition) is 3. The summed E-state index contributed by atoms with van der Waals surface area (Å²) in [6, 6.07) is 9.46. The minimum atomic E-state index is 0.0940. The second-order valence-electron chi connectivity index (χ2n) is 10.1. The number of nitrogens with one attached hydrogen (secondary N) is 1. The second kappa shape index (κ2) is 7.75. The third-order valence-electron chi connectivity index (χ3n) is 7.87. The van der Waals surface area contributed by atoms with Gasteiger partial charge in [-0.15, -0.1) is 0 Å². The topological polar surface area (TPSA) is 52.7 Å². The maximum atomic E-state index is 12.6. The van der Waals surface area contributed by atoms with Gasteiger partial charge < -0.3 is 10.2 Å². The van der Waals surface area contributed by atoms with E-state index in [9.17, 15) is 9.59 Å². The third kappa shape index (κ3) is 4.07. The molecule has 1 N–H and O–H groups in total. The van der Waals surface area contributed by atoms with Gasteiger partial charge in [0.05, 0.1) is 6.54 Å². The van der Waals surface area contributed by atoms with Crippen LogP contribution in [0.25, 0.3) is 0 Å². The van der Waals surface area contributed by atoms with Gasteiger partial charge in [-0.25, -0.2) is 0 Å². The van der Waals surface area contributed by atoms with E-state index in [-0.39, 0.29) is 11.8 Å². The molecule has 0 aromatic heterocycles. The Bertz CT molecular complexity index is 719. The number of rotatable bonds is 5. The average Bonchev–Trinajstić information content (AvgIpc) is 2.72. The van der Waals surface area contributed by atoms with Crippen LogP contribution in [-0.4, -0.2) is 60.9 Å². The van der Waals surface area contributed by atoms with Crippen LogP contribution in [0.3, 0.4) is 0 Å².